The number of aliphatic hydroxyl groups is 1. The highest BCUT2D eigenvalue weighted by atomic mass is 32.1. The summed E-state index contributed by atoms with van der Waals surface area (Å²) in [5.74, 6) is -0.297. The van der Waals surface area contributed by atoms with E-state index in [9.17, 15) is 14.7 Å². The van der Waals surface area contributed by atoms with Crippen LogP contribution in [-0.2, 0) is 4.79 Å². The van der Waals surface area contributed by atoms with Crippen molar-refractivity contribution in [3.63, 3.8) is 0 Å². The Morgan fingerprint density at radius 1 is 1.50 bits per heavy atom. The zero-order chi connectivity index (χ0) is 14.8. The quantitative estimate of drug-likeness (QED) is 0.872. The number of hydrogen-bond donors (Lipinski definition) is 2. The van der Waals surface area contributed by atoms with E-state index in [0.717, 1.165) is 19.3 Å². The number of nitrogens with zero attached hydrogens (tertiary/aromatic N) is 1. The fraction of sp³-hybridized carbons (Fsp3) is 0.571. The van der Waals surface area contributed by atoms with Crippen molar-refractivity contribution in [3.8, 4) is 0 Å². The average Bonchev–Trinajstić information content (AvgIpc) is 2.79. The van der Waals surface area contributed by atoms with E-state index in [2.05, 4.69) is 5.32 Å². The predicted octanol–water partition coefficient (Wildman–Crippen LogP) is 1.94. The third kappa shape index (κ3) is 3.02. The highest BCUT2D eigenvalue weighted by molar-refractivity contribution is 7.12. The number of rotatable bonds is 5. The zero-order valence-electron chi connectivity index (χ0n) is 11.8. The van der Waals surface area contributed by atoms with Gasteiger partial charge in [-0.3, -0.25) is 9.59 Å². The van der Waals surface area contributed by atoms with Gasteiger partial charge in [0.25, 0.3) is 5.91 Å². The van der Waals surface area contributed by atoms with E-state index in [1.54, 1.807) is 23.4 Å². The Bertz CT molecular complexity index is 503. The molecule has 20 heavy (non-hydrogen) atoms. The summed E-state index contributed by atoms with van der Waals surface area (Å²) >= 11 is 1.32. The Morgan fingerprint density at radius 3 is 2.70 bits per heavy atom. The highest BCUT2D eigenvalue weighted by Gasteiger charge is 2.38. The molecule has 2 N–H and O–H groups in total. The Balaban J connectivity index is 2.07. The maximum atomic E-state index is 12.4. The van der Waals surface area contributed by atoms with Gasteiger partial charge in [0.05, 0.1) is 12.3 Å². The molecule has 1 saturated carbocycles. The van der Waals surface area contributed by atoms with Crippen LogP contribution in [0.2, 0.25) is 0 Å². The molecular weight excluding hydrogens is 276 g/mol. The van der Waals surface area contributed by atoms with Crippen LogP contribution in [0.25, 0.3) is 0 Å². The van der Waals surface area contributed by atoms with Crippen LogP contribution in [0.3, 0.4) is 0 Å². The van der Waals surface area contributed by atoms with Crippen molar-refractivity contribution in [3.05, 3.63) is 16.3 Å². The van der Waals surface area contributed by atoms with Crippen molar-refractivity contribution in [1.29, 1.82) is 0 Å². The molecule has 0 aromatic carbocycles. The predicted molar refractivity (Wildman–Crippen MR) is 79.0 cm³/mol. The molecule has 5 nitrogen and oxygen atoms in total. The average molecular weight is 296 g/mol. The maximum Gasteiger partial charge on any atom is 0.265 e. The van der Waals surface area contributed by atoms with E-state index in [1.807, 2.05) is 0 Å². The molecule has 0 radical (unpaired) electrons. The van der Waals surface area contributed by atoms with Crippen LogP contribution >= 0.6 is 11.3 Å². The molecular formula is C14H20N2O3S. The van der Waals surface area contributed by atoms with Gasteiger partial charge in [0, 0.05) is 25.9 Å². The molecule has 0 spiro atoms. The van der Waals surface area contributed by atoms with Gasteiger partial charge in [0.2, 0.25) is 5.91 Å². The minimum atomic E-state index is -0.189. The molecule has 2 amide bonds. The first kappa shape index (κ1) is 15.0. The van der Waals surface area contributed by atoms with E-state index < -0.39 is 0 Å². The van der Waals surface area contributed by atoms with Gasteiger partial charge in [-0.25, -0.2) is 0 Å². The van der Waals surface area contributed by atoms with Crippen molar-refractivity contribution < 1.29 is 14.7 Å². The van der Waals surface area contributed by atoms with Crippen LogP contribution in [0.5, 0.6) is 0 Å². The summed E-state index contributed by atoms with van der Waals surface area (Å²) in [6, 6.07) is 1.73. The summed E-state index contributed by atoms with van der Waals surface area (Å²) in [6.07, 6.45) is 3.03. The lowest BCUT2D eigenvalue weighted by atomic mass is 9.69. The maximum absolute atomic E-state index is 12.4. The summed E-state index contributed by atoms with van der Waals surface area (Å²) in [6.45, 7) is 2.10. The Kier molecular flexibility index (Phi) is 4.45. The van der Waals surface area contributed by atoms with Gasteiger partial charge < -0.3 is 15.3 Å². The number of nitrogens with one attached hydrogen (secondary N) is 1. The number of carbonyl (C=O) groups excluding carboxylic acids is 2. The minimum absolute atomic E-state index is 0.108. The van der Waals surface area contributed by atoms with Gasteiger partial charge in [0.1, 0.15) is 4.88 Å². The summed E-state index contributed by atoms with van der Waals surface area (Å²) in [5.41, 5.74) is 0.432. The topological polar surface area (TPSA) is 69.6 Å². The summed E-state index contributed by atoms with van der Waals surface area (Å²) in [5, 5.41) is 13.9. The van der Waals surface area contributed by atoms with E-state index >= 15 is 0 Å². The Hall–Kier alpha value is -1.40. The minimum Gasteiger partial charge on any atom is -0.396 e. The smallest absolute Gasteiger partial charge is 0.265 e. The molecule has 1 heterocycles. The third-order valence-corrected chi connectivity index (χ3v) is 4.74. The molecule has 0 aliphatic heterocycles. The molecule has 0 atom stereocenters. The van der Waals surface area contributed by atoms with Gasteiger partial charge in [-0.15, -0.1) is 11.3 Å². The lowest BCUT2D eigenvalue weighted by Crippen LogP contribution is -2.45. The second kappa shape index (κ2) is 5.93. The Morgan fingerprint density at radius 2 is 2.20 bits per heavy atom. The first-order chi connectivity index (χ1) is 9.47. The van der Waals surface area contributed by atoms with Crippen molar-refractivity contribution in [1.82, 2.24) is 4.90 Å². The monoisotopic (exact) mass is 296 g/mol. The molecule has 1 aromatic heterocycles. The molecule has 1 aliphatic rings. The largest absolute Gasteiger partial charge is 0.396 e. The molecule has 0 bridgehead atoms. The zero-order valence-corrected chi connectivity index (χ0v) is 12.6. The van der Waals surface area contributed by atoms with Crippen LogP contribution in [0.1, 0.15) is 35.9 Å². The first-order valence-corrected chi connectivity index (χ1v) is 7.57. The van der Waals surface area contributed by atoms with Gasteiger partial charge in [-0.2, -0.15) is 0 Å². The lowest BCUT2D eigenvalue weighted by molar-refractivity contribution is -0.114. The number of anilines is 1. The molecule has 6 heteroatoms. The van der Waals surface area contributed by atoms with Gasteiger partial charge in [0.15, 0.2) is 0 Å². The summed E-state index contributed by atoms with van der Waals surface area (Å²) < 4.78 is 0. The van der Waals surface area contributed by atoms with Gasteiger partial charge >= 0.3 is 0 Å². The fourth-order valence-electron chi connectivity index (χ4n) is 2.55. The number of hydrogen-bond acceptors (Lipinski definition) is 4. The Labute approximate surface area is 122 Å². The van der Waals surface area contributed by atoms with Crippen LogP contribution in [0.15, 0.2) is 11.4 Å². The highest BCUT2D eigenvalue weighted by Crippen LogP contribution is 2.41. The molecule has 1 fully saturated rings. The van der Waals surface area contributed by atoms with Crippen molar-refractivity contribution in [2.24, 2.45) is 5.41 Å². The van der Waals surface area contributed by atoms with E-state index in [-0.39, 0.29) is 23.8 Å². The number of aliphatic hydroxyl groups excluding tert-OH is 1. The number of thiophene rings is 1. The molecule has 110 valence electrons. The second-order valence-corrected chi connectivity index (χ2v) is 6.43. The van der Waals surface area contributed by atoms with Crippen LogP contribution in [0.4, 0.5) is 5.69 Å². The van der Waals surface area contributed by atoms with E-state index in [0.29, 0.717) is 17.1 Å². The lowest BCUT2D eigenvalue weighted by Gasteiger charge is -2.42. The molecule has 2 rings (SSSR count). The van der Waals surface area contributed by atoms with Crippen molar-refractivity contribution in [2.75, 3.05) is 25.5 Å². The standard InChI is InChI=1S/C14H20N2O3S/c1-10(18)15-11-4-7-20-12(11)13(19)16(2)8-14(9-17)5-3-6-14/h4,7,17H,3,5-6,8-9H2,1-2H3,(H,15,18). The van der Waals surface area contributed by atoms with E-state index in [4.69, 9.17) is 0 Å². The van der Waals surface area contributed by atoms with Gasteiger partial charge in [-0.1, -0.05) is 6.42 Å². The van der Waals surface area contributed by atoms with Crippen LogP contribution in [0, 0.1) is 5.41 Å². The first-order valence-electron chi connectivity index (χ1n) is 6.69. The van der Waals surface area contributed by atoms with E-state index in [1.165, 1.54) is 18.3 Å². The van der Waals surface area contributed by atoms with Crippen molar-refractivity contribution >= 4 is 28.8 Å². The SMILES string of the molecule is CC(=O)Nc1ccsc1C(=O)N(C)CC1(CO)CCC1. The fourth-order valence-corrected chi connectivity index (χ4v) is 3.40. The number of carbonyl (C=O) groups is 2. The normalized spacial score (nSPS) is 16.4. The second-order valence-electron chi connectivity index (χ2n) is 5.52. The van der Waals surface area contributed by atoms with Crippen molar-refractivity contribution in [2.45, 2.75) is 26.2 Å². The third-order valence-electron chi connectivity index (χ3n) is 3.84. The van der Waals surface area contributed by atoms with Crippen LogP contribution < -0.4 is 5.32 Å². The van der Waals surface area contributed by atoms with Gasteiger partial charge in [-0.05, 0) is 24.3 Å². The molecule has 0 unspecified atom stereocenters. The molecule has 1 aliphatic carbocycles. The molecule has 0 saturated heterocycles. The number of amides is 2. The van der Waals surface area contributed by atoms with Crippen LogP contribution in [-0.4, -0.2) is 42.0 Å². The summed E-state index contributed by atoms with van der Waals surface area (Å²) in [7, 11) is 1.75. The molecule has 1 aromatic rings. The summed E-state index contributed by atoms with van der Waals surface area (Å²) in [4.78, 5) is 25.7.